The van der Waals surface area contributed by atoms with Gasteiger partial charge in [-0.3, -0.25) is 0 Å². The minimum atomic E-state index is -3.48. The van der Waals surface area contributed by atoms with Crippen molar-refractivity contribution in [2.45, 2.75) is 63.9 Å². The lowest BCUT2D eigenvalue weighted by molar-refractivity contribution is 0.439. The smallest absolute Gasteiger partial charge is 0.241 e. The molecular formula is C16H28N2O2S. The van der Waals surface area contributed by atoms with Crippen molar-refractivity contribution in [2.24, 2.45) is 0 Å². The molecule has 4 nitrogen and oxygen atoms in total. The molecule has 1 aromatic rings. The van der Waals surface area contributed by atoms with Gasteiger partial charge in [0.1, 0.15) is 0 Å². The van der Waals surface area contributed by atoms with Crippen LogP contribution in [0.25, 0.3) is 0 Å². The molecule has 120 valence electrons. The fourth-order valence-electron chi connectivity index (χ4n) is 1.92. The Balaban J connectivity index is 2.98. The Labute approximate surface area is 129 Å². The highest BCUT2D eigenvalue weighted by atomic mass is 32.2. The van der Waals surface area contributed by atoms with Crippen LogP contribution in [0, 0.1) is 0 Å². The molecule has 0 bridgehead atoms. The van der Waals surface area contributed by atoms with Crippen LogP contribution in [0.15, 0.2) is 29.2 Å². The molecule has 0 spiro atoms. The monoisotopic (exact) mass is 312 g/mol. The van der Waals surface area contributed by atoms with Crippen LogP contribution >= 0.6 is 0 Å². The summed E-state index contributed by atoms with van der Waals surface area (Å²) >= 11 is 0. The van der Waals surface area contributed by atoms with Crippen LogP contribution < -0.4 is 10.0 Å². The van der Waals surface area contributed by atoms with E-state index in [4.69, 9.17) is 0 Å². The Morgan fingerprint density at radius 3 is 2.48 bits per heavy atom. The van der Waals surface area contributed by atoms with Gasteiger partial charge in [-0.25, -0.2) is 13.1 Å². The number of sulfonamides is 1. The standard InChI is InChI=1S/C16H28N2O2S/c1-6-11-17-13(3)14-9-8-10-15(12-14)21(19,20)18-16(4,5)7-2/h8-10,12-13,17-18H,6-7,11H2,1-5H3. The normalized spacial score (nSPS) is 14.1. The van der Waals surface area contributed by atoms with Crippen LogP contribution in [0.3, 0.4) is 0 Å². The first-order valence-electron chi connectivity index (χ1n) is 7.59. The minimum Gasteiger partial charge on any atom is -0.310 e. The number of nitrogens with one attached hydrogen (secondary N) is 2. The van der Waals surface area contributed by atoms with E-state index in [0.29, 0.717) is 4.90 Å². The summed E-state index contributed by atoms with van der Waals surface area (Å²) in [5, 5.41) is 3.37. The Kier molecular flexibility index (Phi) is 6.38. The van der Waals surface area contributed by atoms with Gasteiger partial charge in [-0.15, -0.1) is 0 Å². The molecule has 0 saturated heterocycles. The summed E-state index contributed by atoms with van der Waals surface area (Å²) in [5.74, 6) is 0. The third kappa shape index (κ3) is 5.41. The Morgan fingerprint density at radius 1 is 1.24 bits per heavy atom. The molecule has 0 aromatic heterocycles. The van der Waals surface area contributed by atoms with Gasteiger partial charge in [0.2, 0.25) is 10.0 Å². The second-order valence-electron chi connectivity index (χ2n) is 6.09. The van der Waals surface area contributed by atoms with Gasteiger partial charge >= 0.3 is 0 Å². The highest BCUT2D eigenvalue weighted by Crippen LogP contribution is 2.20. The van der Waals surface area contributed by atoms with Crippen LogP contribution in [0.2, 0.25) is 0 Å². The highest BCUT2D eigenvalue weighted by Gasteiger charge is 2.24. The van der Waals surface area contributed by atoms with Crippen molar-refractivity contribution in [1.82, 2.24) is 10.0 Å². The van der Waals surface area contributed by atoms with Crippen molar-refractivity contribution in [1.29, 1.82) is 0 Å². The van der Waals surface area contributed by atoms with E-state index in [9.17, 15) is 8.42 Å². The summed E-state index contributed by atoms with van der Waals surface area (Å²) in [4.78, 5) is 0.326. The molecule has 2 N–H and O–H groups in total. The molecule has 0 aliphatic rings. The Morgan fingerprint density at radius 2 is 1.90 bits per heavy atom. The molecule has 1 unspecified atom stereocenters. The quantitative estimate of drug-likeness (QED) is 0.775. The van der Waals surface area contributed by atoms with Gasteiger partial charge < -0.3 is 5.32 Å². The third-order valence-corrected chi connectivity index (χ3v) is 5.36. The van der Waals surface area contributed by atoms with Gasteiger partial charge in [-0.05, 0) is 57.9 Å². The molecule has 21 heavy (non-hydrogen) atoms. The van der Waals surface area contributed by atoms with Crippen molar-refractivity contribution in [3.63, 3.8) is 0 Å². The van der Waals surface area contributed by atoms with Crippen molar-refractivity contribution < 1.29 is 8.42 Å². The van der Waals surface area contributed by atoms with E-state index < -0.39 is 15.6 Å². The second kappa shape index (κ2) is 7.38. The lowest BCUT2D eigenvalue weighted by Crippen LogP contribution is -2.42. The highest BCUT2D eigenvalue weighted by molar-refractivity contribution is 7.89. The first-order valence-corrected chi connectivity index (χ1v) is 9.07. The first-order chi connectivity index (χ1) is 9.72. The minimum absolute atomic E-state index is 0.138. The molecule has 1 aromatic carbocycles. The van der Waals surface area contributed by atoms with E-state index in [1.807, 2.05) is 33.8 Å². The van der Waals surface area contributed by atoms with Gasteiger partial charge in [-0.1, -0.05) is 26.0 Å². The maximum absolute atomic E-state index is 12.5. The number of rotatable bonds is 8. The maximum Gasteiger partial charge on any atom is 0.241 e. The van der Waals surface area contributed by atoms with E-state index in [1.165, 1.54) is 0 Å². The zero-order chi connectivity index (χ0) is 16.1. The molecule has 0 aliphatic carbocycles. The summed E-state index contributed by atoms with van der Waals surface area (Å²) in [6.07, 6.45) is 1.79. The zero-order valence-corrected chi connectivity index (χ0v) is 14.5. The third-order valence-electron chi connectivity index (χ3n) is 3.66. The Bertz CT molecular complexity index is 553. The summed E-state index contributed by atoms with van der Waals surface area (Å²) in [6, 6.07) is 7.29. The van der Waals surface area contributed by atoms with E-state index >= 15 is 0 Å². The fraction of sp³-hybridized carbons (Fsp3) is 0.625. The van der Waals surface area contributed by atoms with Gasteiger partial charge in [0.05, 0.1) is 4.90 Å². The topological polar surface area (TPSA) is 58.2 Å². The van der Waals surface area contributed by atoms with E-state index in [1.54, 1.807) is 18.2 Å². The van der Waals surface area contributed by atoms with Crippen LogP contribution in [0.5, 0.6) is 0 Å². The fourth-order valence-corrected chi connectivity index (χ4v) is 3.46. The molecule has 1 atom stereocenters. The molecule has 1 rings (SSSR count). The molecular weight excluding hydrogens is 284 g/mol. The summed E-state index contributed by atoms with van der Waals surface area (Å²) in [7, 11) is -3.48. The van der Waals surface area contributed by atoms with Gasteiger partial charge in [-0.2, -0.15) is 0 Å². The van der Waals surface area contributed by atoms with Crippen LogP contribution in [-0.2, 0) is 10.0 Å². The molecule has 0 amide bonds. The van der Waals surface area contributed by atoms with Gasteiger partial charge in [0, 0.05) is 11.6 Å². The summed E-state index contributed by atoms with van der Waals surface area (Å²) < 4.78 is 27.7. The largest absolute Gasteiger partial charge is 0.310 e. The van der Waals surface area contributed by atoms with Gasteiger partial charge in [0.25, 0.3) is 0 Å². The first kappa shape index (κ1) is 18.1. The number of hydrogen-bond acceptors (Lipinski definition) is 3. The van der Waals surface area contributed by atoms with Crippen molar-refractivity contribution in [3.8, 4) is 0 Å². The van der Waals surface area contributed by atoms with E-state index in [-0.39, 0.29) is 6.04 Å². The van der Waals surface area contributed by atoms with E-state index in [2.05, 4.69) is 17.0 Å². The summed E-state index contributed by atoms with van der Waals surface area (Å²) in [6.45, 7) is 10.8. The molecule has 0 fully saturated rings. The van der Waals surface area contributed by atoms with Gasteiger partial charge in [0.15, 0.2) is 0 Å². The Hall–Kier alpha value is -0.910. The van der Waals surface area contributed by atoms with Crippen LogP contribution in [0.4, 0.5) is 0 Å². The van der Waals surface area contributed by atoms with E-state index in [0.717, 1.165) is 24.9 Å². The van der Waals surface area contributed by atoms with Crippen LogP contribution in [-0.4, -0.2) is 20.5 Å². The maximum atomic E-state index is 12.5. The molecule has 0 heterocycles. The van der Waals surface area contributed by atoms with Crippen LogP contribution in [0.1, 0.15) is 59.1 Å². The molecule has 5 heteroatoms. The lowest BCUT2D eigenvalue weighted by Gasteiger charge is -2.24. The molecule has 0 radical (unpaired) electrons. The average molecular weight is 312 g/mol. The lowest BCUT2D eigenvalue weighted by atomic mass is 10.0. The SMILES string of the molecule is CCCNC(C)c1cccc(S(=O)(=O)NC(C)(C)CC)c1. The van der Waals surface area contributed by atoms with Crippen molar-refractivity contribution in [3.05, 3.63) is 29.8 Å². The second-order valence-corrected chi connectivity index (χ2v) is 7.77. The zero-order valence-electron chi connectivity index (χ0n) is 13.7. The number of benzene rings is 1. The van der Waals surface area contributed by atoms with Crippen molar-refractivity contribution in [2.75, 3.05) is 6.54 Å². The average Bonchev–Trinajstić information content (AvgIpc) is 2.44. The molecule has 0 aliphatic heterocycles. The summed E-state index contributed by atoms with van der Waals surface area (Å²) in [5.41, 5.74) is 0.543. The molecule has 0 saturated carbocycles. The van der Waals surface area contributed by atoms with Crippen molar-refractivity contribution >= 4 is 10.0 Å². The number of hydrogen-bond donors (Lipinski definition) is 2. The predicted molar refractivity (Wildman–Crippen MR) is 87.8 cm³/mol. The predicted octanol–water partition coefficient (Wildman–Crippen LogP) is 3.21.